The molecule has 6 atom stereocenters. The lowest BCUT2D eigenvalue weighted by Crippen LogP contribution is -2.49. The molecule has 3 aliphatic rings. The van der Waals surface area contributed by atoms with Crippen LogP contribution in [0.25, 0.3) is 0 Å². The maximum Gasteiger partial charge on any atom is 0.416 e. The number of nitrogens with one attached hydrogen (secondary N) is 2. The fraction of sp³-hybridized carbons (Fsp3) is 0.600. The van der Waals surface area contributed by atoms with E-state index in [1.807, 2.05) is 26.0 Å². The molecule has 0 aromatic heterocycles. The van der Waals surface area contributed by atoms with Crippen LogP contribution >= 0.6 is 0 Å². The fourth-order valence-electron chi connectivity index (χ4n) is 5.20. The van der Waals surface area contributed by atoms with Gasteiger partial charge in [-0.25, -0.2) is 0 Å². The summed E-state index contributed by atoms with van der Waals surface area (Å²) in [6.45, 7) is 4.71. The number of hydrogen-bond donors (Lipinski definition) is 3. The molecule has 1 unspecified atom stereocenters. The first-order valence-corrected chi connectivity index (χ1v) is 11.6. The zero-order valence-electron chi connectivity index (χ0n) is 18.6. The molecule has 1 fully saturated rings. The maximum absolute atomic E-state index is 13.4. The summed E-state index contributed by atoms with van der Waals surface area (Å²) in [7, 11) is 0. The number of rotatable bonds is 6. The largest absolute Gasteiger partial charge is 0.416 e. The van der Waals surface area contributed by atoms with E-state index in [1.54, 1.807) is 6.07 Å². The average molecular weight is 451 g/mol. The van der Waals surface area contributed by atoms with Gasteiger partial charge in [0.25, 0.3) is 0 Å². The van der Waals surface area contributed by atoms with Gasteiger partial charge in [-0.2, -0.15) is 13.2 Å². The molecule has 0 bridgehead atoms. The third kappa shape index (κ3) is 4.90. The van der Waals surface area contributed by atoms with E-state index in [0.717, 1.165) is 31.0 Å². The van der Waals surface area contributed by atoms with Crippen LogP contribution in [0, 0.1) is 17.8 Å². The van der Waals surface area contributed by atoms with Crippen LogP contribution in [0.4, 0.5) is 18.9 Å². The Bertz CT molecular complexity index is 852. The summed E-state index contributed by atoms with van der Waals surface area (Å²) in [5, 5.41) is 16.5. The zero-order chi connectivity index (χ0) is 22.9. The molecule has 0 amide bonds. The van der Waals surface area contributed by atoms with Crippen LogP contribution in [0.15, 0.2) is 42.5 Å². The number of allylic oxidation sites excluding steroid dienone is 3. The van der Waals surface area contributed by atoms with Gasteiger partial charge in [0.15, 0.2) is 0 Å². The maximum atomic E-state index is 13.4. The zero-order valence-corrected chi connectivity index (χ0v) is 18.6. The summed E-state index contributed by atoms with van der Waals surface area (Å²) in [6.07, 6.45) is 6.15. The van der Waals surface area contributed by atoms with E-state index in [1.165, 1.54) is 6.07 Å². The Morgan fingerprint density at radius 2 is 2.03 bits per heavy atom. The summed E-state index contributed by atoms with van der Waals surface area (Å²) in [6, 6.07) is 4.04. The van der Waals surface area contributed by atoms with E-state index < -0.39 is 11.7 Å². The van der Waals surface area contributed by atoms with Crippen molar-refractivity contribution in [2.75, 3.05) is 18.5 Å². The van der Waals surface area contributed by atoms with Crippen LogP contribution in [0.1, 0.15) is 50.3 Å². The van der Waals surface area contributed by atoms with Crippen molar-refractivity contribution in [1.82, 2.24) is 5.32 Å². The number of halogens is 3. The monoisotopic (exact) mass is 450 g/mol. The molecule has 32 heavy (non-hydrogen) atoms. The molecular formula is C25H33F3N2O2. The Balaban J connectivity index is 1.59. The van der Waals surface area contributed by atoms with E-state index in [4.69, 9.17) is 4.74 Å². The molecule has 0 saturated carbocycles. The fourth-order valence-corrected chi connectivity index (χ4v) is 5.20. The lowest BCUT2D eigenvalue weighted by atomic mass is 9.73. The number of aliphatic hydroxyl groups excluding tert-OH is 1. The van der Waals surface area contributed by atoms with Crippen molar-refractivity contribution in [3.05, 3.63) is 53.6 Å². The van der Waals surface area contributed by atoms with Crippen LogP contribution in [-0.2, 0) is 10.9 Å². The number of hydrogen-bond acceptors (Lipinski definition) is 4. The van der Waals surface area contributed by atoms with Crippen molar-refractivity contribution in [2.45, 2.75) is 63.6 Å². The number of anilines is 1. The van der Waals surface area contributed by atoms with Gasteiger partial charge in [-0.15, -0.1) is 0 Å². The molecule has 2 aliphatic heterocycles. The molecule has 7 heteroatoms. The van der Waals surface area contributed by atoms with Crippen LogP contribution in [-0.4, -0.2) is 36.4 Å². The lowest BCUT2D eigenvalue weighted by Gasteiger charge is -2.48. The molecule has 1 aromatic carbocycles. The number of benzene rings is 1. The molecule has 0 radical (unpaired) electrons. The molecule has 176 valence electrons. The van der Waals surface area contributed by atoms with Crippen LogP contribution in [0.3, 0.4) is 0 Å². The number of aliphatic hydroxyl groups is 1. The van der Waals surface area contributed by atoms with Gasteiger partial charge in [-0.1, -0.05) is 38.2 Å². The Morgan fingerprint density at radius 1 is 1.22 bits per heavy atom. The predicted octanol–water partition coefficient (Wildman–Crippen LogP) is 5.07. The van der Waals surface area contributed by atoms with Crippen molar-refractivity contribution in [2.24, 2.45) is 17.8 Å². The molecule has 1 aliphatic carbocycles. The van der Waals surface area contributed by atoms with Crippen LogP contribution in [0.2, 0.25) is 0 Å². The summed E-state index contributed by atoms with van der Waals surface area (Å²) >= 11 is 0. The van der Waals surface area contributed by atoms with Gasteiger partial charge in [0.05, 0.1) is 24.4 Å². The molecular weight excluding hydrogens is 417 g/mol. The first kappa shape index (κ1) is 23.3. The highest BCUT2D eigenvalue weighted by Gasteiger charge is 2.45. The highest BCUT2D eigenvalue weighted by atomic mass is 19.4. The Kier molecular flexibility index (Phi) is 6.98. The van der Waals surface area contributed by atoms with E-state index in [2.05, 4.69) is 22.8 Å². The van der Waals surface area contributed by atoms with Gasteiger partial charge in [0, 0.05) is 41.7 Å². The molecule has 4 nitrogen and oxygen atoms in total. The van der Waals surface area contributed by atoms with Gasteiger partial charge in [-0.3, -0.25) is 0 Å². The third-order valence-electron chi connectivity index (χ3n) is 7.10. The van der Waals surface area contributed by atoms with Crippen molar-refractivity contribution in [1.29, 1.82) is 0 Å². The average Bonchev–Trinajstić information content (AvgIpc) is 2.78. The smallest absolute Gasteiger partial charge is 0.395 e. The summed E-state index contributed by atoms with van der Waals surface area (Å²) < 4.78 is 46.8. The first-order chi connectivity index (χ1) is 15.3. The minimum atomic E-state index is -4.39. The molecule has 0 spiro atoms. The highest BCUT2D eigenvalue weighted by Crippen LogP contribution is 2.49. The van der Waals surface area contributed by atoms with Gasteiger partial charge in [0.1, 0.15) is 0 Å². The normalized spacial score (nSPS) is 30.5. The van der Waals surface area contributed by atoms with E-state index in [0.29, 0.717) is 12.1 Å². The minimum Gasteiger partial charge on any atom is -0.395 e. The van der Waals surface area contributed by atoms with Crippen molar-refractivity contribution >= 4 is 5.69 Å². The van der Waals surface area contributed by atoms with Gasteiger partial charge < -0.3 is 20.5 Å². The second-order valence-corrected chi connectivity index (χ2v) is 9.54. The molecule has 3 N–H and O–H groups in total. The number of fused-ring (bicyclic) bond motifs is 3. The Labute approximate surface area is 187 Å². The minimum absolute atomic E-state index is 0.0274. The van der Waals surface area contributed by atoms with Gasteiger partial charge in [0.2, 0.25) is 0 Å². The van der Waals surface area contributed by atoms with Crippen molar-refractivity contribution in [3.63, 3.8) is 0 Å². The summed E-state index contributed by atoms with van der Waals surface area (Å²) in [4.78, 5) is 0. The van der Waals surface area contributed by atoms with Crippen molar-refractivity contribution in [3.8, 4) is 0 Å². The van der Waals surface area contributed by atoms with Gasteiger partial charge in [-0.05, 0) is 43.4 Å². The Morgan fingerprint density at radius 3 is 2.69 bits per heavy atom. The standard InChI is InChI=1S/C25H33F3N2O2/c1-15(2)22(14-31)29-13-18-9-10-19-23(16-6-4-3-5-7-16)30-21-11-8-17(25(26,27)28)12-20(21)24(19)32-18/h3-6,8,11-12,15-16,18-19,22-24,29-31H,7,9-10,13-14H2,1-2H3/t16?,18-,19+,22-,23+,24+/m1/s1. The first-order valence-electron chi connectivity index (χ1n) is 11.6. The number of ether oxygens (including phenoxy) is 1. The predicted molar refractivity (Wildman–Crippen MR) is 119 cm³/mol. The SMILES string of the molecule is CC(C)[C@@H](CO)NC[C@H]1CC[C@@H]2[C@H](O1)c1cc(C(F)(F)F)ccc1N[C@H]2C1C=CC=CC1. The molecule has 1 saturated heterocycles. The van der Waals surface area contributed by atoms with E-state index in [9.17, 15) is 18.3 Å². The lowest BCUT2D eigenvalue weighted by molar-refractivity contribution is -0.138. The van der Waals surface area contributed by atoms with E-state index in [-0.39, 0.29) is 48.7 Å². The van der Waals surface area contributed by atoms with Gasteiger partial charge >= 0.3 is 6.18 Å². The van der Waals surface area contributed by atoms with Crippen molar-refractivity contribution < 1.29 is 23.0 Å². The molecule has 2 heterocycles. The third-order valence-corrected chi connectivity index (χ3v) is 7.10. The quantitative estimate of drug-likeness (QED) is 0.566. The van der Waals surface area contributed by atoms with Crippen LogP contribution in [0.5, 0.6) is 0 Å². The summed E-state index contributed by atoms with van der Waals surface area (Å²) in [5.74, 6) is 0.656. The molecule has 1 aromatic rings. The topological polar surface area (TPSA) is 53.5 Å². The highest BCUT2D eigenvalue weighted by molar-refractivity contribution is 5.58. The molecule has 4 rings (SSSR count). The van der Waals surface area contributed by atoms with Crippen LogP contribution < -0.4 is 10.6 Å². The second-order valence-electron chi connectivity index (χ2n) is 9.54. The van der Waals surface area contributed by atoms with E-state index >= 15 is 0 Å². The number of alkyl halides is 3. The Hall–Kier alpha value is -1.83. The summed E-state index contributed by atoms with van der Waals surface area (Å²) in [5.41, 5.74) is 0.694. The second kappa shape index (κ2) is 9.57.